The molecule has 2 nitrogen and oxygen atoms in total. The van der Waals surface area contributed by atoms with Crippen LogP contribution in [0.2, 0.25) is 0 Å². The van der Waals surface area contributed by atoms with Gasteiger partial charge >= 0.3 is 0 Å². The van der Waals surface area contributed by atoms with Crippen molar-refractivity contribution in [1.82, 2.24) is 0 Å². The van der Waals surface area contributed by atoms with Gasteiger partial charge in [-0.15, -0.1) is 11.5 Å². The van der Waals surface area contributed by atoms with Crippen molar-refractivity contribution in [3.8, 4) is 0 Å². The highest BCUT2D eigenvalue weighted by Crippen LogP contribution is 2.17. The number of rotatable bonds is 4. The van der Waals surface area contributed by atoms with Gasteiger partial charge in [0, 0.05) is 0 Å². The zero-order chi connectivity index (χ0) is 11.2. The number of hydrogen-bond donors (Lipinski definition) is 0. The third kappa shape index (κ3) is 5.31. The van der Waals surface area contributed by atoms with Crippen LogP contribution in [-0.2, 0) is 0 Å². The van der Waals surface area contributed by atoms with Crippen molar-refractivity contribution < 1.29 is 0 Å². The molecule has 0 unspecified atom stereocenters. The first-order chi connectivity index (χ1) is 6.33. The average molecular weight is 190 g/mol. The predicted molar refractivity (Wildman–Crippen MR) is 60.4 cm³/mol. The first-order valence-corrected chi connectivity index (χ1v) is 4.51. The number of nitrogens with zero attached hydrogens (tertiary/aromatic N) is 2. The highest BCUT2D eigenvalue weighted by atomic mass is 15.2. The summed E-state index contributed by atoms with van der Waals surface area (Å²) in [6, 6.07) is 0. The van der Waals surface area contributed by atoms with Crippen LogP contribution in [0.25, 0.3) is 0 Å². The molecule has 76 valence electrons. The molecule has 0 aliphatic heterocycles. The van der Waals surface area contributed by atoms with Gasteiger partial charge < -0.3 is 0 Å². The molecule has 0 N–H and O–H groups in total. The van der Waals surface area contributed by atoms with E-state index in [9.17, 15) is 0 Å². The summed E-state index contributed by atoms with van der Waals surface area (Å²) in [5, 5.41) is 8.41. The summed E-state index contributed by atoms with van der Waals surface area (Å²) in [5.41, 5.74) is 4.71. The molecule has 0 saturated carbocycles. The zero-order valence-electron chi connectivity index (χ0n) is 9.46. The van der Waals surface area contributed by atoms with E-state index in [0.717, 1.165) is 0 Å². The molecule has 0 saturated heterocycles. The Morgan fingerprint density at radius 2 is 1.14 bits per heavy atom. The molecule has 0 aromatic heterocycles. The van der Waals surface area contributed by atoms with Crippen LogP contribution >= 0.6 is 0 Å². The second-order valence-corrected chi connectivity index (χ2v) is 4.20. The highest BCUT2D eigenvalue weighted by Gasteiger charge is 2.16. The van der Waals surface area contributed by atoms with Gasteiger partial charge in [0.15, 0.2) is 0 Å². The molecule has 0 aliphatic rings. The van der Waals surface area contributed by atoms with E-state index in [-0.39, 0.29) is 11.1 Å². The Morgan fingerprint density at radius 1 is 0.857 bits per heavy atom. The molecular formula is C12H18N2. The van der Waals surface area contributed by atoms with E-state index in [1.54, 1.807) is 12.2 Å². The van der Waals surface area contributed by atoms with Crippen LogP contribution in [0.1, 0.15) is 27.7 Å². The van der Waals surface area contributed by atoms with Gasteiger partial charge in [0.1, 0.15) is 11.1 Å². The van der Waals surface area contributed by atoms with Crippen molar-refractivity contribution in [3.63, 3.8) is 0 Å². The second kappa shape index (κ2) is 4.76. The average Bonchev–Trinajstić information content (AvgIpc) is 2.01. The quantitative estimate of drug-likeness (QED) is 0.477. The minimum absolute atomic E-state index is 0.353. The summed E-state index contributed by atoms with van der Waals surface area (Å²) in [6.07, 6.45) is 3.56. The van der Waals surface area contributed by atoms with E-state index >= 15 is 0 Å². The van der Waals surface area contributed by atoms with Crippen LogP contribution in [0.4, 0.5) is 0 Å². The number of azo groups is 1. The van der Waals surface area contributed by atoms with Crippen molar-refractivity contribution in [2.45, 2.75) is 38.8 Å². The van der Waals surface area contributed by atoms with Gasteiger partial charge in [0.05, 0.1) is 0 Å². The van der Waals surface area contributed by atoms with Crippen LogP contribution in [0.3, 0.4) is 0 Å². The van der Waals surface area contributed by atoms with Crippen LogP contribution in [-0.4, -0.2) is 11.1 Å². The van der Waals surface area contributed by atoms with Gasteiger partial charge in [0.2, 0.25) is 0 Å². The van der Waals surface area contributed by atoms with Gasteiger partial charge in [-0.05, 0) is 39.8 Å². The summed E-state index contributed by atoms with van der Waals surface area (Å²) < 4.78 is 0. The lowest BCUT2D eigenvalue weighted by Gasteiger charge is -2.16. The Bertz CT molecular complexity index is 277. The molecule has 14 heavy (non-hydrogen) atoms. The monoisotopic (exact) mass is 190 g/mol. The molecule has 0 aliphatic carbocycles. The van der Waals surface area contributed by atoms with Crippen molar-refractivity contribution in [2.24, 2.45) is 10.2 Å². The second-order valence-electron chi connectivity index (χ2n) is 4.20. The van der Waals surface area contributed by atoms with E-state index in [1.165, 1.54) is 0 Å². The Kier molecular flexibility index (Phi) is 4.30. The molecule has 0 aromatic carbocycles. The summed E-state index contributed by atoms with van der Waals surface area (Å²) in [7, 11) is 0. The van der Waals surface area contributed by atoms with Gasteiger partial charge in [-0.3, -0.25) is 0 Å². The third-order valence-electron chi connectivity index (χ3n) is 1.48. The Hall–Kier alpha value is -1.36. The summed E-state index contributed by atoms with van der Waals surface area (Å²) >= 11 is 0. The van der Waals surface area contributed by atoms with Crippen molar-refractivity contribution in [1.29, 1.82) is 0 Å². The molecule has 2 heteroatoms. The Morgan fingerprint density at radius 3 is 1.36 bits per heavy atom. The fourth-order valence-electron chi connectivity index (χ4n) is 0.815. The maximum atomic E-state index is 4.20. The van der Waals surface area contributed by atoms with Crippen LogP contribution < -0.4 is 0 Å². The SMILES string of the molecule is C=C=CC(C)(C)N=NC(C)(C)C=C=C. The van der Waals surface area contributed by atoms with Gasteiger partial charge in [-0.25, -0.2) is 0 Å². The Balaban J connectivity index is 4.74. The zero-order valence-corrected chi connectivity index (χ0v) is 9.46. The highest BCUT2D eigenvalue weighted by molar-refractivity contribution is 5.01. The molecule has 0 spiro atoms. The topological polar surface area (TPSA) is 24.7 Å². The van der Waals surface area contributed by atoms with Gasteiger partial charge in [0.25, 0.3) is 0 Å². The lowest BCUT2D eigenvalue weighted by Crippen LogP contribution is -2.16. The maximum absolute atomic E-state index is 4.20. The fourth-order valence-corrected chi connectivity index (χ4v) is 0.815. The smallest absolute Gasteiger partial charge is 0.101 e. The lowest BCUT2D eigenvalue weighted by atomic mass is 10.1. The molecule has 0 heterocycles. The Labute approximate surface area is 86.4 Å². The molecule has 0 aromatic rings. The van der Waals surface area contributed by atoms with Crippen LogP contribution in [0.15, 0.2) is 47.0 Å². The minimum atomic E-state index is -0.353. The van der Waals surface area contributed by atoms with E-state index in [4.69, 9.17) is 0 Å². The molecule has 0 bridgehead atoms. The van der Waals surface area contributed by atoms with Crippen LogP contribution in [0, 0.1) is 0 Å². The summed E-state index contributed by atoms with van der Waals surface area (Å²) in [6.45, 7) is 14.8. The van der Waals surface area contributed by atoms with Gasteiger partial charge in [-0.2, -0.15) is 10.2 Å². The lowest BCUT2D eigenvalue weighted by molar-refractivity contribution is 0.527. The summed E-state index contributed by atoms with van der Waals surface area (Å²) in [5.74, 6) is 0. The predicted octanol–water partition coefficient (Wildman–Crippen LogP) is 3.68. The van der Waals surface area contributed by atoms with Crippen molar-refractivity contribution in [2.75, 3.05) is 0 Å². The third-order valence-corrected chi connectivity index (χ3v) is 1.48. The van der Waals surface area contributed by atoms with E-state index in [2.05, 4.69) is 34.8 Å². The van der Waals surface area contributed by atoms with Crippen molar-refractivity contribution in [3.05, 3.63) is 36.8 Å². The van der Waals surface area contributed by atoms with E-state index < -0.39 is 0 Å². The minimum Gasteiger partial charge on any atom is -0.182 e. The van der Waals surface area contributed by atoms with Crippen LogP contribution in [0.5, 0.6) is 0 Å². The maximum Gasteiger partial charge on any atom is 0.101 e. The molecular weight excluding hydrogens is 172 g/mol. The molecule has 0 fully saturated rings. The van der Waals surface area contributed by atoms with E-state index in [1.807, 2.05) is 27.7 Å². The molecule has 0 rings (SSSR count). The number of hydrogen-bond acceptors (Lipinski definition) is 2. The molecule has 0 atom stereocenters. The molecule has 0 amide bonds. The largest absolute Gasteiger partial charge is 0.182 e. The first kappa shape index (κ1) is 12.6. The van der Waals surface area contributed by atoms with Gasteiger partial charge in [-0.1, -0.05) is 13.2 Å². The standard InChI is InChI=1S/C12H18N2/c1-7-9-11(3,4)13-14-12(5,6)10-8-2/h9-10H,1-2H2,3-6H3. The molecule has 0 radical (unpaired) electrons. The van der Waals surface area contributed by atoms with Crippen molar-refractivity contribution >= 4 is 0 Å². The summed E-state index contributed by atoms with van der Waals surface area (Å²) in [4.78, 5) is 0. The first-order valence-electron chi connectivity index (χ1n) is 4.51. The fraction of sp³-hybridized carbons (Fsp3) is 0.500. The normalized spacial score (nSPS) is 12.0. The van der Waals surface area contributed by atoms with E-state index in [0.29, 0.717) is 0 Å².